The summed E-state index contributed by atoms with van der Waals surface area (Å²) in [7, 11) is 2.02. The molecule has 1 aliphatic carbocycles. The SMILES string of the molecule is Cn1cnc(CC2(C3CC3)CCN(C(=O)C(N)Cc3ccc(Cl)cc3)CC2)c1. The van der Waals surface area contributed by atoms with E-state index >= 15 is 0 Å². The number of amides is 1. The van der Waals surface area contributed by atoms with Crippen molar-refractivity contribution in [3.05, 3.63) is 53.1 Å². The van der Waals surface area contributed by atoms with Crippen molar-refractivity contribution in [2.45, 2.75) is 44.6 Å². The second-order valence-electron chi connectivity index (χ2n) is 8.61. The van der Waals surface area contributed by atoms with Gasteiger partial charge in [-0.05, 0) is 67.6 Å². The fourth-order valence-electron chi connectivity index (χ4n) is 4.71. The monoisotopic (exact) mass is 400 g/mol. The summed E-state index contributed by atoms with van der Waals surface area (Å²) < 4.78 is 2.02. The molecule has 1 aromatic carbocycles. The van der Waals surface area contributed by atoms with Crippen molar-refractivity contribution in [1.29, 1.82) is 0 Å². The van der Waals surface area contributed by atoms with Crippen LogP contribution in [0.5, 0.6) is 0 Å². The van der Waals surface area contributed by atoms with Crippen molar-refractivity contribution < 1.29 is 4.79 Å². The Morgan fingerprint density at radius 2 is 1.96 bits per heavy atom. The third-order valence-corrected chi connectivity index (χ3v) is 6.74. The van der Waals surface area contributed by atoms with Gasteiger partial charge in [-0.2, -0.15) is 0 Å². The average Bonchev–Trinajstić information content (AvgIpc) is 3.47. The maximum atomic E-state index is 12.9. The van der Waals surface area contributed by atoms with E-state index in [2.05, 4.69) is 11.2 Å². The minimum Gasteiger partial charge on any atom is -0.341 e. The maximum Gasteiger partial charge on any atom is 0.239 e. The molecule has 0 bridgehead atoms. The number of aromatic nitrogens is 2. The summed E-state index contributed by atoms with van der Waals surface area (Å²) in [6, 6.07) is 7.07. The zero-order valence-corrected chi connectivity index (χ0v) is 17.2. The molecule has 2 heterocycles. The Kier molecular flexibility index (Phi) is 5.48. The van der Waals surface area contributed by atoms with Gasteiger partial charge in [0.1, 0.15) is 0 Å². The van der Waals surface area contributed by atoms with E-state index in [0.717, 1.165) is 43.8 Å². The van der Waals surface area contributed by atoms with Crippen LogP contribution < -0.4 is 5.73 Å². The highest BCUT2D eigenvalue weighted by Gasteiger charge is 2.47. The number of aryl methyl sites for hydroxylation is 1. The summed E-state index contributed by atoms with van der Waals surface area (Å²) in [5.41, 5.74) is 8.76. The molecule has 1 atom stereocenters. The van der Waals surface area contributed by atoms with Crippen LogP contribution >= 0.6 is 11.6 Å². The van der Waals surface area contributed by atoms with E-state index in [9.17, 15) is 4.79 Å². The van der Waals surface area contributed by atoms with Crippen LogP contribution in [0.1, 0.15) is 36.9 Å². The Bertz CT molecular complexity index is 819. The molecule has 1 unspecified atom stereocenters. The molecule has 5 nitrogen and oxygen atoms in total. The predicted octanol–water partition coefficient (Wildman–Crippen LogP) is 3.20. The number of hydrogen-bond acceptors (Lipinski definition) is 3. The third kappa shape index (κ3) is 4.26. The number of piperidine rings is 1. The molecule has 28 heavy (non-hydrogen) atoms. The normalized spacial score (nSPS) is 20.2. The molecule has 2 aromatic rings. The predicted molar refractivity (Wildman–Crippen MR) is 111 cm³/mol. The standard InChI is InChI=1S/C22H29ClN4O/c1-26-14-19(25-15-26)13-22(17-4-5-17)8-10-27(11-9-22)21(28)20(24)12-16-2-6-18(23)7-3-16/h2-3,6-7,14-15,17,20H,4-5,8-13,24H2,1H3. The molecule has 1 amide bonds. The van der Waals surface area contributed by atoms with Crippen molar-refractivity contribution in [3.63, 3.8) is 0 Å². The molecular formula is C22H29ClN4O. The zero-order valence-electron chi connectivity index (χ0n) is 16.5. The minimum absolute atomic E-state index is 0.0668. The van der Waals surface area contributed by atoms with E-state index in [1.165, 1.54) is 18.5 Å². The molecule has 6 heteroatoms. The highest BCUT2D eigenvalue weighted by molar-refractivity contribution is 6.30. The summed E-state index contributed by atoms with van der Waals surface area (Å²) in [4.78, 5) is 19.4. The number of benzene rings is 1. The van der Waals surface area contributed by atoms with E-state index in [1.54, 1.807) is 0 Å². The lowest BCUT2D eigenvalue weighted by Gasteiger charge is -2.43. The Hall–Kier alpha value is -1.85. The number of likely N-dealkylation sites (tertiary alicyclic amines) is 1. The van der Waals surface area contributed by atoms with Gasteiger partial charge in [0, 0.05) is 31.4 Å². The lowest BCUT2D eigenvalue weighted by Crippen LogP contribution is -2.51. The Morgan fingerprint density at radius 1 is 1.29 bits per heavy atom. The molecule has 0 radical (unpaired) electrons. The number of halogens is 1. The van der Waals surface area contributed by atoms with Crippen LogP contribution in [0.3, 0.4) is 0 Å². The summed E-state index contributed by atoms with van der Waals surface area (Å²) in [5, 5.41) is 0.698. The van der Waals surface area contributed by atoms with Gasteiger partial charge in [-0.15, -0.1) is 0 Å². The highest BCUT2D eigenvalue weighted by Crippen LogP contribution is 2.53. The topological polar surface area (TPSA) is 64.2 Å². The molecule has 2 aliphatic rings. The molecule has 1 saturated carbocycles. The number of nitrogens with two attached hydrogens (primary N) is 1. The molecule has 2 fully saturated rings. The Morgan fingerprint density at radius 3 is 2.54 bits per heavy atom. The van der Waals surface area contributed by atoms with E-state index in [0.29, 0.717) is 16.9 Å². The maximum absolute atomic E-state index is 12.9. The zero-order chi connectivity index (χ0) is 19.7. The van der Waals surface area contributed by atoms with Gasteiger partial charge in [0.15, 0.2) is 0 Å². The fraction of sp³-hybridized carbons (Fsp3) is 0.545. The molecule has 1 aromatic heterocycles. The molecule has 2 N–H and O–H groups in total. The third-order valence-electron chi connectivity index (χ3n) is 6.49. The summed E-state index contributed by atoms with van der Waals surface area (Å²) in [5.74, 6) is 0.853. The number of nitrogens with zero attached hydrogens (tertiary/aromatic N) is 3. The van der Waals surface area contributed by atoms with E-state index in [1.807, 2.05) is 47.1 Å². The van der Waals surface area contributed by atoms with Crippen molar-refractivity contribution in [2.24, 2.45) is 24.1 Å². The largest absolute Gasteiger partial charge is 0.341 e. The van der Waals surface area contributed by atoms with Gasteiger partial charge in [0.2, 0.25) is 5.91 Å². The molecule has 150 valence electrons. The van der Waals surface area contributed by atoms with Crippen molar-refractivity contribution in [1.82, 2.24) is 14.5 Å². The van der Waals surface area contributed by atoms with Gasteiger partial charge in [-0.1, -0.05) is 23.7 Å². The number of carbonyl (C=O) groups is 1. The van der Waals surface area contributed by atoms with Crippen LogP contribution in [-0.2, 0) is 24.7 Å². The quantitative estimate of drug-likeness (QED) is 0.809. The fourth-order valence-corrected chi connectivity index (χ4v) is 4.84. The van der Waals surface area contributed by atoms with E-state index in [-0.39, 0.29) is 5.91 Å². The first-order chi connectivity index (χ1) is 13.4. The summed E-state index contributed by atoms with van der Waals surface area (Å²) >= 11 is 5.94. The van der Waals surface area contributed by atoms with E-state index in [4.69, 9.17) is 17.3 Å². The first kappa shape index (κ1) is 19.5. The summed E-state index contributed by atoms with van der Waals surface area (Å²) in [6.45, 7) is 1.60. The minimum atomic E-state index is -0.495. The van der Waals surface area contributed by atoms with Crippen molar-refractivity contribution in [3.8, 4) is 0 Å². The molecule has 1 saturated heterocycles. The molecule has 0 spiro atoms. The van der Waals surface area contributed by atoms with E-state index < -0.39 is 6.04 Å². The van der Waals surface area contributed by atoms with Crippen molar-refractivity contribution >= 4 is 17.5 Å². The van der Waals surface area contributed by atoms with Crippen LogP contribution in [0.4, 0.5) is 0 Å². The highest BCUT2D eigenvalue weighted by atomic mass is 35.5. The first-order valence-electron chi connectivity index (χ1n) is 10.2. The Balaban J connectivity index is 1.36. The van der Waals surface area contributed by atoms with Crippen LogP contribution in [0.25, 0.3) is 0 Å². The van der Waals surface area contributed by atoms with Gasteiger partial charge < -0.3 is 15.2 Å². The van der Waals surface area contributed by atoms with Gasteiger partial charge in [0.25, 0.3) is 0 Å². The Labute approximate surface area is 171 Å². The van der Waals surface area contributed by atoms with Gasteiger partial charge in [-0.3, -0.25) is 4.79 Å². The number of carbonyl (C=O) groups excluding carboxylic acids is 1. The van der Waals surface area contributed by atoms with Crippen LogP contribution in [-0.4, -0.2) is 39.5 Å². The smallest absolute Gasteiger partial charge is 0.239 e. The molecule has 4 rings (SSSR count). The van der Waals surface area contributed by atoms with Crippen LogP contribution in [0.2, 0.25) is 5.02 Å². The second-order valence-corrected chi connectivity index (χ2v) is 9.04. The molecule has 1 aliphatic heterocycles. The van der Waals surface area contributed by atoms with Gasteiger partial charge >= 0.3 is 0 Å². The van der Waals surface area contributed by atoms with Gasteiger partial charge in [-0.25, -0.2) is 4.98 Å². The van der Waals surface area contributed by atoms with Crippen LogP contribution in [0, 0.1) is 11.3 Å². The second kappa shape index (κ2) is 7.88. The number of rotatable bonds is 6. The lowest BCUT2D eigenvalue weighted by atomic mass is 9.71. The molecular weight excluding hydrogens is 372 g/mol. The summed E-state index contributed by atoms with van der Waals surface area (Å²) in [6.07, 6.45) is 10.3. The average molecular weight is 401 g/mol. The first-order valence-corrected chi connectivity index (χ1v) is 10.6. The lowest BCUT2D eigenvalue weighted by molar-refractivity contribution is -0.135. The number of hydrogen-bond donors (Lipinski definition) is 1. The number of imidazole rings is 1. The van der Waals surface area contributed by atoms with Gasteiger partial charge in [0.05, 0.1) is 18.1 Å². The van der Waals surface area contributed by atoms with Crippen molar-refractivity contribution in [2.75, 3.05) is 13.1 Å². The van der Waals surface area contributed by atoms with Crippen LogP contribution in [0.15, 0.2) is 36.8 Å².